The molecule has 11 nitrogen and oxygen atoms in total. The monoisotopic (exact) mass is 652 g/mol. The Morgan fingerprint density at radius 2 is 1.85 bits per heavy atom. The molecule has 0 aliphatic carbocycles. The van der Waals surface area contributed by atoms with Gasteiger partial charge in [0.05, 0.1) is 49.3 Å². The summed E-state index contributed by atoms with van der Waals surface area (Å²) in [6, 6.07) is 21.5. The van der Waals surface area contributed by atoms with Crippen molar-refractivity contribution >= 4 is 35.8 Å². The number of aliphatic hydroxyl groups is 1. The molecule has 2 aliphatic rings. The van der Waals surface area contributed by atoms with Crippen molar-refractivity contribution in [3.63, 3.8) is 0 Å². The van der Waals surface area contributed by atoms with Gasteiger partial charge in [-0.05, 0) is 54.4 Å². The molecule has 2 aliphatic heterocycles. The molecule has 0 saturated carbocycles. The summed E-state index contributed by atoms with van der Waals surface area (Å²) >= 11 is 0. The second-order valence-corrected chi connectivity index (χ2v) is 17.9. The van der Waals surface area contributed by atoms with Gasteiger partial charge in [0.15, 0.2) is 5.60 Å². The van der Waals surface area contributed by atoms with E-state index in [4.69, 9.17) is 9.47 Å². The van der Waals surface area contributed by atoms with Crippen LogP contribution in [-0.2, 0) is 28.1 Å². The number of benzene rings is 3. The molecule has 47 heavy (non-hydrogen) atoms. The SMILES string of the molecule is COc1ccc([Si](C)(C)[C@@H]2[C@@H](CCn3cc(CCO)nn3)O[C@]3(C(=O)N(C)c4ccc(-n5[nH]c6ccccc6c5=O)cc43)[C@H]2C)cc1. The molecule has 1 spiro atoms. The first-order valence-corrected chi connectivity index (χ1v) is 19.1. The Bertz CT molecular complexity index is 2020. The van der Waals surface area contributed by atoms with Crippen LogP contribution in [0.2, 0.25) is 18.6 Å². The second kappa shape index (κ2) is 11.6. The van der Waals surface area contributed by atoms with Crippen molar-refractivity contribution in [1.29, 1.82) is 0 Å². The van der Waals surface area contributed by atoms with Gasteiger partial charge >= 0.3 is 0 Å². The number of aromatic nitrogens is 5. The fraction of sp³-hybridized carbons (Fsp3) is 0.371. The fourth-order valence-electron chi connectivity index (χ4n) is 7.99. The van der Waals surface area contributed by atoms with Gasteiger partial charge in [-0.3, -0.25) is 19.4 Å². The van der Waals surface area contributed by atoms with E-state index in [1.165, 1.54) is 5.19 Å². The number of nitrogens with zero attached hydrogens (tertiary/aromatic N) is 5. The number of rotatable bonds is 9. The number of H-pyrrole nitrogens is 1. The van der Waals surface area contributed by atoms with Crippen molar-refractivity contribution < 1.29 is 19.4 Å². The minimum absolute atomic E-state index is 0.00977. The number of aliphatic hydroxyl groups excluding tert-OH is 1. The first-order valence-electron chi connectivity index (χ1n) is 16.0. The van der Waals surface area contributed by atoms with Crippen molar-refractivity contribution in [2.45, 2.75) is 56.7 Å². The summed E-state index contributed by atoms with van der Waals surface area (Å²) < 4.78 is 16.0. The molecule has 4 atom stereocenters. The van der Waals surface area contributed by atoms with Crippen molar-refractivity contribution in [3.05, 3.63) is 94.5 Å². The van der Waals surface area contributed by atoms with E-state index in [1.54, 1.807) is 28.4 Å². The third-order valence-electron chi connectivity index (χ3n) is 10.4. The number of anilines is 1. The summed E-state index contributed by atoms with van der Waals surface area (Å²) in [5.74, 6) is 0.524. The number of carbonyl (C=O) groups excluding carboxylic acids is 1. The number of likely N-dealkylation sites (N-methyl/N-ethyl adjacent to an activating group) is 1. The van der Waals surface area contributed by atoms with Gasteiger partial charge in [0, 0.05) is 44.3 Å². The molecule has 244 valence electrons. The van der Waals surface area contributed by atoms with Crippen molar-refractivity contribution in [2.24, 2.45) is 5.92 Å². The number of hydrogen-bond donors (Lipinski definition) is 2. The van der Waals surface area contributed by atoms with E-state index in [-0.39, 0.29) is 35.6 Å². The van der Waals surface area contributed by atoms with Crippen LogP contribution in [0.1, 0.15) is 24.6 Å². The number of para-hydroxylation sites is 1. The topological polar surface area (TPSA) is 127 Å². The Balaban J connectivity index is 1.33. The van der Waals surface area contributed by atoms with E-state index in [1.807, 2.05) is 60.8 Å². The quantitative estimate of drug-likeness (QED) is 0.232. The molecule has 7 rings (SSSR count). The highest BCUT2D eigenvalue weighted by Gasteiger charge is 2.65. The minimum atomic E-state index is -2.32. The minimum Gasteiger partial charge on any atom is -0.497 e. The fourth-order valence-corrected chi connectivity index (χ4v) is 12.1. The molecule has 0 radical (unpaired) electrons. The van der Waals surface area contributed by atoms with E-state index in [0.717, 1.165) is 28.2 Å². The van der Waals surface area contributed by atoms with Crippen LogP contribution in [0.15, 0.2) is 77.7 Å². The summed E-state index contributed by atoms with van der Waals surface area (Å²) in [5.41, 5.74) is 2.36. The Hall–Kier alpha value is -4.52. The lowest BCUT2D eigenvalue weighted by atomic mass is 9.82. The van der Waals surface area contributed by atoms with Gasteiger partial charge in [0.25, 0.3) is 11.5 Å². The molecule has 1 amide bonds. The Morgan fingerprint density at radius 1 is 1.09 bits per heavy atom. The number of methoxy groups -OCH3 is 1. The van der Waals surface area contributed by atoms with Gasteiger partial charge in [-0.25, -0.2) is 4.68 Å². The summed E-state index contributed by atoms with van der Waals surface area (Å²) in [4.78, 5) is 29.6. The number of amides is 1. The number of aromatic amines is 1. The highest BCUT2D eigenvalue weighted by Crippen LogP contribution is 2.59. The molecular formula is C35H40N6O5Si. The van der Waals surface area contributed by atoms with Crippen LogP contribution >= 0.6 is 0 Å². The van der Waals surface area contributed by atoms with E-state index >= 15 is 0 Å². The summed E-state index contributed by atoms with van der Waals surface area (Å²) in [6.45, 7) is 7.42. The summed E-state index contributed by atoms with van der Waals surface area (Å²) in [5, 5.41) is 22.9. The molecule has 4 heterocycles. The first-order chi connectivity index (χ1) is 22.6. The lowest BCUT2D eigenvalue weighted by Crippen LogP contribution is -2.51. The Kier molecular flexibility index (Phi) is 7.69. The smallest absolute Gasteiger partial charge is 0.279 e. The first kappa shape index (κ1) is 31.1. The second-order valence-electron chi connectivity index (χ2n) is 13.3. The highest BCUT2D eigenvalue weighted by molar-refractivity contribution is 6.91. The molecule has 2 aromatic heterocycles. The standard InChI is InChI=1S/C35H40N6O5Si/c1-22-32(47(4,5)26-13-11-25(45-3)12-14-26)31(16-18-40-21-23(17-19-42)36-38-40)46-35(22)28-20-24(10-15-30(28)39(2)34(35)44)41-33(43)27-8-6-7-9-29(27)37-41/h6-15,20-22,31-32,37,42H,16-19H2,1-5H3/t22-,31+,32-,35+/m0/s1. The lowest BCUT2D eigenvalue weighted by molar-refractivity contribution is -0.145. The van der Waals surface area contributed by atoms with E-state index < -0.39 is 13.7 Å². The zero-order chi connectivity index (χ0) is 33.1. The van der Waals surface area contributed by atoms with Crippen LogP contribution in [-0.4, -0.2) is 70.7 Å². The van der Waals surface area contributed by atoms with Gasteiger partial charge < -0.3 is 19.5 Å². The third-order valence-corrected chi connectivity index (χ3v) is 14.8. The largest absolute Gasteiger partial charge is 0.497 e. The molecule has 1 saturated heterocycles. The maximum absolute atomic E-state index is 14.5. The zero-order valence-corrected chi connectivity index (χ0v) is 28.3. The van der Waals surface area contributed by atoms with Gasteiger partial charge in [-0.1, -0.05) is 54.7 Å². The van der Waals surface area contributed by atoms with Crippen molar-refractivity contribution in [2.75, 3.05) is 25.7 Å². The molecule has 12 heteroatoms. The van der Waals surface area contributed by atoms with Crippen LogP contribution in [0.25, 0.3) is 16.6 Å². The lowest BCUT2D eigenvalue weighted by Gasteiger charge is -2.37. The molecule has 2 N–H and O–H groups in total. The average Bonchev–Trinajstić information content (AvgIpc) is 3.81. The van der Waals surface area contributed by atoms with Crippen LogP contribution in [0.5, 0.6) is 5.75 Å². The number of ether oxygens (including phenoxy) is 2. The normalized spacial score (nSPS) is 22.5. The molecule has 5 aromatic rings. The van der Waals surface area contributed by atoms with Crippen molar-refractivity contribution in [3.8, 4) is 11.4 Å². The number of carbonyl (C=O) groups is 1. The molecule has 3 aromatic carbocycles. The summed E-state index contributed by atoms with van der Waals surface area (Å²) in [6.07, 6.45) is 2.67. The van der Waals surface area contributed by atoms with Gasteiger partial charge in [-0.15, -0.1) is 5.10 Å². The van der Waals surface area contributed by atoms with Gasteiger partial charge in [-0.2, -0.15) is 0 Å². The Labute approximate surface area is 273 Å². The molecular weight excluding hydrogens is 613 g/mol. The summed E-state index contributed by atoms with van der Waals surface area (Å²) in [7, 11) is 1.14. The predicted molar refractivity (Wildman–Crippen MR) is 182 cm³/mol. The predicted octanol–water partition coefficient (Wildman–Crippen LogP) is 3.74. The van der Waals surface area contributed by atoms with Crippen LogP contribution < -0.4 is 20.4 Å². The van der Waals surface area contributed by atoms with Crippen LogP contribution in [0, 0.1) is 5.92 Å². The molecule has 0 unspecified atom stereocenters. The van der Waals surface area contributed by atoms with E-state index in [9.17, 15) is 14.7 Å². The van der Waals surface area contributed by atoms with Crippen molar-refractivity contribution in [1.82, 2.24) is 24.8 Å². The third kappa shape index (κ3) is 4.85. The number of nitrogens with one attached hydrogen (secondary N) is 1. The highest BCUT2D eigenvalue weighted by atomic mass is 28.3. The zero-order valence-electron chi connectivity index (χ0n) is 27.3. The number of fused-ring (bicyclic) bond motifs is 3. The maximum Gasteiger partial charge on any atom is 0.279 e. The van der Waals surface area contributed by atoms with Crippen LogP contribution in [0.4, 0.5) is 5.69 Å². The average molecular weight is 653 g/mol. The van der Waals surface area contributed by atoms with Gasteiger partial charge in [0.2, 0.25) is 0 Å². The number of aryl methyl sites for hydroxylation is 1. The van der Waals surface area contributed by atoms with Gasteiger partial charge in [0.1, 0.15) is 5.75 Å². The van der Waals surface area contributed by atoms with E-state index in [0.29, 0.717) is 30.5 Å². The maximum atomic E-state index is 14.5. The Morgan fingerprint density at radius 3 is 2.57 bits per heavy atom. The molecule has 0 bridgehead atoms. The number of hydrogen-bond acceptors (Lipinski definition) is 7. The molecule has 1 fully saturated rings. The van der Waals surface area contributed by atoms with Crippen LogP contribution in [0.3, 0.4) is 0 Å². The van der Waals surface area contributed by atoms with E-state index in [2.05, 4.69) is 47.6 Å².